The van der Waals surface area contributed by atoms with Gasteiger partial charge in [-0.15, -0.1) is 12.4 Å². The van der Waals surface area contributed by atoms with Crippen molar-refractivity contribution in [2.45, 2.75) is 19.5 Å². The van der Waals surface area contributed by atoms with Gasteiger partial charge in [-0.25, -0.2) is 9.78 Å². The smallest absolute Gasteiger partial charge is 0.328 e. The molecule has 0 amide bonds. The second-order valence-corrected chi connectivity index (χ2v) is 5.55. The number of aromatic nitrogens is 4. The van der Waals surface area contributed by atoms with Gasteiger partial charge in [0, 0.05) is 39.6 Å². The summed E-state index contributed by atoms with van der Waals surface area (Å²) in [6.45, 7) is 2.73. The molecular formula is C16H22ClN5O. The number of imidazole rings is 2. The SMILES string of the molecule is Cl.Cn1c(=O)n(C)c2cc(CNCCCn3ccnc3)ccc21. The summed E-state index contributed by atoms with van der Waals surface area (Å²) in [6, 6.07) is 6.17. The third-order valence-electron chi connectivity index (χ3n) is 3.99. The minimum absolute atomic E-state index is 0. The van der Waals surface area contributed by atoms with Gasteiger partial charge in [0.15, 0.2) is 0 Å². The second kappa shape index (κ2) is 7.48. The van der Waals surface area contributed by atoms with Gasteiger partial charge >= 0.3 is 5.69 Å². The van der Waals surface area contributed by atoms with Gasteiger partial charge in [-0.2, -0.15) is 0 Å². The van der Waals surface area contributed by atoms with E-state index in [0.29, 0.717) is 0 Å². The first kappa shape index (κ1) is 17.3. The van der Waals surface area contributed by atoms with Crippen molar-refractivity contribution in [2.75, 3.05) is 6.54 Å². The molecule has 3 aromatic rings. The number of rotatable bonds is 6. The van der Waals surface area contributed by atoms with Crippen LogP contribution < -0.4 is 11.0 Å². The molecule has 0 unspecified atom stereocenters. The van der Waals surface area contributed by atoms with Crippen molar-refractivity contribution >= 4 is 23.4 Å². The van der Waals surface area contributed by atoms with Crippen LogP contribution in [0.4, 0.5) is 0 Å². The van der Waals surface area contributed by atoms with Crippen LogP contribution in [0, 0.1) is 0 Å². The fourth-order valence-electron chi connectivity index (χ4n) is 2.70. The lowest BCUT2D eigenvalue weighted by atomic mass is 10.2. The second-order valence-electron chi connectivity index (χ2n) is 5.55. The Morgan fingerprint density at radius 1 is 1.17 bits per heavy atom. The van der Waals surface area contributed by atoms with Crippen LogP contribution in [-0.2, 0) is 27.2 Å². The van der Waals surface area contributed by atoms with Gasteiger partial charge in [-0.05, 0) is 30.7 Å². The molecule has 23 heavy (non-hydrogen) atoms. The minimum Gasteiger partial charge on any atom is -0.337 e. The van der Waals surface area contributed by atoms with Crippen molar-refractivity contribution in [3.8, 4) is 0 Å². The maximum Gasteiger partial charge on any atom is 0.328 e. The fraction of sp³-hybridized carbons (Fsp3) is 0.375. The van der Waals surface area contributed by atoms with Crippen molar-refractivity contribution in [2.24, 2.45) is 14.1 Å². The van der Waals surface area contributed by atoms with Gasteiger partial charge in [0.05, 0.1) is 17.4 Å². The molecular weight excluding hydrogens is 314 g/mol. The molecule has 0 aliphatic carbocycles. The molecule has 2 aromatic heterocycles. The average Bonchev–Trinajstić information content (AvgIpc) is 3.11. The van der Waals surface area contributed by atoms with E-state index >= 15 is 0 Å². The predicted molar refractivity (Wildman–Crippen MR) is 94.0 cm³/mol. The maximum atomic E-state index is 11.9. The lowest BCUT2D eigenvalue weighted by Crippen LogP contribution is -2.19. The van der Waals surface area contributed by atoms with Crippen LogP contribution in [-0.4, -0.2) is 25.2 Å². The Morgan fingerprint density at radius 3 is 2.70 bits per heavy atom. The van der Waals surface area contributed by atoms with E-state index in [-0.39, 0.29) is 18.1 Å². The summed E-state index contributed by atoms with van der Waals surface area (Å²) in [5, 5.41) is 3.44. The molecule has 1 N–H and O–H groups in total. The third kappa shape index (κ3) is 3.65. The Morgan fingerprint density at radius 2 is 1.96 bits per heavy atom. The lowest BCUT2D eigenvalue weighted by Gasteiger charge is -2.06. The number of hydrogen-bond donors (Lipinski definition) is 1. The standard InChI is InChI=1S/C16H21N5O.ClH/c1-19-14-5-4-13(10-15(14)20(2)16(19)22)11-17-6-3-8-21-9-7-18-12-21;/h4-5,7,9-10,12,17H,3,6,8,11H2,1-2H3;1H. The van der Waals surface area contributed by atoms with E-state index in [1.54, 1.807) is 22.4 Å². The first-order valence-electron chi connectivity index (χ1n) is 7.47. The van der Waals surface area contributed by atoms with Gasteiger partial charge in [-0.1, -0.05) is 6.07 Å². The highest BCUT2D eigenvalue weighted by Gasteiger charge is 2.07. The Hall–Kier alpha value is -2.05. The van der Waals surface area contributed by atoms with E-state index in [4.69, 9.17) is 0 Å². The first-order valence-corrected chi connectivity index (χ1v) is 7.47. The molecule has 1 aromatic carbocycles. The molecule has 6 nitrogen and oxygen atoms in total. The summed E-state index contributed by atoms with van der Waals surface area (Å²) in [6.07, 6.45) is 6.67. The van der Waals surface area contributed by atoms with Crippen molar-refractivity contribution in [1.82, 2.24) is 24.0 Å². The molecule has 124 valence electrons. The molecule has 0 fully saturated rings. The molecule has 7 heteroatoms. The normalized spacial score (nSPS) is 10.9. The van der Waals surface area contributed by atoms with Gasteiger partial charge in [-0.3, -0.25) is 9.13 Å². The molecule has 3 rings (SSSR count). The number of fused-ring (bicyclic) bond motifs is 1. The summed E-state index contributed by atoms with van der Waals surface area (Å²) < 4.78 is 5.45. The topological polar surface area (TPSA) is 56.8 Å². The number of aryl methyl sites for hydroxylation is 3. The van der Waals surface area contributed by atoms with Crippen molar-refractivity contribution < 1.29 is 0 Å². The zero-order chi connectivity index (χ0) is 15.5. The lowest BCUT2D eigenvalue weighted by molar-refractivity contribution is 0.581. The Balaban J connectivity index is 0.00000192. The van der Waals surface area contributed by atoms with Gasteiger partial charge in [0.2, 0.25) is 0 Å². The minimum atomic E-state index is 0. The summed E-state index contributed by atoms with van der Waals surface area (Å²) in [5.74, 6) is 0. The molecule has 0 saturated carbocycles. The molecule has 0 aliphatic heterocycles. The van der Waals surface area contributed by atoms with Crippen LogP contribution in [0.5, 0.6) is 0 Å². The number of nitrogens with zero attached hydrogens (tertiary/aromatic N) is 4. The van der Waals surface area contributed by atoms with E-state index in [9.17, 15) is 4.79 Å². The van der Waals surface area contributed by atoms with Crippen LogP contribution in [0.2, 0.25) is 0 Å². The Kier molecular flexibility index (Phi) is 5.63. The van der Waals surface area contributed by atoms with Crippen molar-refractivity contribution in [3.63, 3.8) is 0 Å². The molecule has 0 aliphatic rings. The predicted octanol–water partition coefficient (Wildman–Crippen LogP) is 1.68. The van der Waals surface area contributed by atoms with Crippen LogP contribution in [0.1, 0.15) is 12.0 Å². The quantitative estimate of drug-likeness (QED) is 0.697. The van der Waals surface area contributed by atoms with Crippen LogP contribution in [0.25, 0.3) is 11.0 Å². The van der Waals surface area contributed by atoms with Crippen molar-refractivity contribution in [1.29, 1.82) is 0 Å². The van der Waals surface area contributed by atoms with E-state index < -0.39 is 0 Å². The van der Waals surface area contributed by atoms with E-state index in [0.717, 1.165) is 37.1 Å². The fourth-order valence-corrected chi connectivity index (χ4v) is 2.70. The molecule has 0 bridgehead atoms. The highest BCUT2D eigenvalue weighted by Crippen LogP contribution is 2.13. The van der Waals surface area contributed by atoms with E-state index in [1.165, 1.54) is 5.56 Å². The van der Waals surface area contributed by atoms with Crippen LogP contribution in [0.15, 0.2) is 41.7 Å². The van der Waals surface area contributed by atoms with Crippen LogP contribution >= 0.6 is 12.4 Å². The summed E-state index contributed by atoms with van der Waals surface area (Å²) in [4.78, 5) is 15.9. The van der Waals surface area contributed by atoms with Crippen LogP contribution in [0.3, 0.4) is 0 Å². The third-order valence-corrected chi connectivity index (χ3v) is 3.99. The summed E-state index contributed by atoms with van der Waals surface area (Å²) >= 11 is 0. The highest BCUT2D eigenvalue weighted by molar-refractivity contribution is 5.85. The Bertz CT molecular complexity index is 819. The largest absolute Gasteiger partial charge is 0.337 e. The zero-order valence-corrected chi connectivity index (χ0v) is 14.2. The number of benzene rings is 1. The van der Waals surface area contributed by atoms with Gasteiger partial charge in [0.25, 0.3) is 0 Å². The highest BCUT2D eigenvalue weighted by atomic mass is 35.5. The molecule has 0 saturated heterocycles. The summed E-state index contributed by atoms with van der Waals surface area (Å²) in [5.41, 5.74) is 3.15. The Labute approximate surface area is 141 Å². The molecule has 0 spiro atoms. The summed E-state index contributed by atoms with van der Waals surface area (Å²) in [7, 11) is 3.62. The van der Waals surface area contributed by atoms with E-state index in [2.05, 4.69) is 27.0 Å². The number of nitrogens with one attached hydrogen (secondary N) is 1. The molecule has 0 atom stereocenters. The monoisotopic (exact) mass is 335 g/mol. The van der Waals surface area contributed by atoms with Crippen molar-refractivity contribution in [3.05, 3.63) is 53.0 Å². The average molecular weight is 336 g/mol. The first-order chi connectivity index (χ1) is 10.7. The van der Waals surface area contributed by atoms with Gasteiger partial charge in [0.1, 0.15) is 0 Å². The maximum absolute atomic E-state index is 11.9. The molecule has 0 radical (unpaired) electrons. The van der Waals surface area contributed by atoms with E-state index in [1.807, 2.05) is 25.6 Å². The van der Waals surface area contributed by atoms with Gasteiger partial charge < -0.3 is 9.88 Å². The number of halogens is 1. The zero-order valence-electron chi connectivity index (χ0n) is 13.4. The number of hydrogen-bond acceptors (Lipinski definition) is 3. The molecule has 2 heterocycles.